The Morgan fingerprint density at radius 1 is 0.688 bits per heavy atom. The Morgan fingerprint density at radius 3 is 1.62 bits per heavy atom. The fraction of sp³-hybridized carbons (Fsp3) is 1.00. The summed E-state index contributed by atoms with van der Waals surface area (Å²) in [6.45, 7) is 13.7. The summed E-state index contributed by atoms with van der Waals surface area (Å²) in [4.78, 5) is 0. The van der Waals surface area contributed by atoms with Crippen LogP contribution in [0.2, 0.25) is 0 Å². The summed E-state index contributed by atoms with van der Waals surface area (Å²) < 4.78 is 0. The van der Waals surface area contributed by atoms with Crippen LogP contribution in [0, 0.1) is 11.8 Å². The number of hydrogen-bond donors (Lipinski definition) is 0. The van der Waals surface area contributed by atoms with Crippen molar-refractivity contribution in [3.63, 3.8) is 0 Å². The van der Waals surface area contributed by atoms with Gasteiger partial charge in [0.25, 0.3) is 0 Å². The predicted molar refractivity (Wildman–Crippen MR) is 78.0 cm³/mol. The molecule has 0 spiro atoms. The van der Waals surface area contributed by atoms with E-state index in [9.17, 15) is 0 Å². The molecule has 0 nitrogen and oxygen atoms in total. The first kappa shape index (κ1) is 18.4. The van der Waals surface area contributed by atoms with E-state index in [0.29, 0.717) is 0 Å². The minimum Gasteiger partial charge on any atom is -0.0654 e. The zero-order valence-electron chi connectivity index (χ0n) is 12.8. The van der Waals surface area contributed by atoms with Gasteiger partial charge in [0.15, 0.2) is 0 Å². The third-order valence-corrected chi connectivity index (χ3v) is 3.13. The van der Waals surface area contributed by atoms with E-state index in [1.807, 2.05) is 0 Å². The summed E-state index contributed by atoms with van der Waals surface area (Å²) in [5, 5.41) is 0. The van der Waals surface area contributed by atoms with Crippen LogP contribution < -0.4 is 0 Å². The van der Waals surface area contributed by atoms with Gasteiger partial charge in [0.2, 0.25) is 0 Å². The number of unbranched alkanes of at least 4 members (excludes halogenated alkanes) is 3. The standard InChI is InChI=1S/2C8H18/c1-4-5-6-7-8(2)3;1-4-6-7-8(3)5-2/h2*8H,4-7H2,1-3H3. The molecule has 0 bridgehead atoms. The zero-order chi connectivity index (χ0) is 12.8. The van der Waals surface area contributed by atoms with Crippen LogP contribution in [0.5, 0.6) is 0 Å². The van der Waals surface area contributed by atoms with Gasteiger partial charge in [-0.1, -0.05) is 92.9 Å². The molecule has 0 fully saturated rings. The van der Waals surface area contributed by atoms with Gasteiger partial charge in [0.05, 0.1) is 0 Å². The van der Waals surface area contributed by atoms with Crippen molar-refractivity contribution in [2.24, 2.45) is 11.8 Å². The molecule has 0 aliphatic rings. The van der Waals surface area contributed by atoms with Crippen molar-refractivity contribution in [2.75, 3.05) is 0 Å². The van der Waals surface area contributed by atoms with Gasteiger partial charge in [-0.15, -0.1) is 0 Å². The normalized spacial score (nSPS) is 12.2. The fourth-order valence-corrected chi connectivity index (χ4v) is 1.56. The van der Waals surface area contributed by atoms with Crippen LogP contribution in [-0.4, -0.2) is 0 Å². The quantitative estimate of drug-likeness (QED) is 0.419. The monoisotopic (exact) mass is 228 g/mol. The van der Waals surface area contributed by atoms with E-state index in [1.54, 1.807) is 0 Å². The van der Waals surface area contributed by atoms with Crippen molar-refractivity contribution >= 4 is 0 Å². The Kier molecular flexibility index (Phi) is 17.2. The highest BCUT2D eigenvalue weighted by atomic mass is 14.0. The van der Waals surface area contributed by atoms with Crippen molar-refractivity contribution in [2.45, 2.75) is 92.9 Å². The van der Waals surface area contributed by atoms with Crippen LogP contribution in [0.3, 0.4) is 0 Å². The van der Waals surface area contributed by atoms with Gasteiger partial charge in [-0.3, -0.25) is 0 Å². The van der Waals surface area contributed by atoms with E-state index in [-0.39, 0.29) is 0 Å². The SMILES string of the molecule is CCCCC(C)CC.CCCCCC(C)C. The third kappa shape index (κ3) is 19.6. The molecule has 0 rings (SSSR count). The fourth-order valence-electron chi connectivity index (χ4n) is 1.56. The molecule has 0 saturated carbocycles. The molecule has 0 heterocycles. The van der Waals surface area contributed by atoms with E-state index >= 15 is 0 Å². The molecule has 0 heteroatoms. The molecule has 0 aromatic rings. The second kappa shape index (κ2) is 15.0. The van der Waals surface area contributed by atoms with Gasteiger partial charge in [-0.05, 0) is 11.8 Å². The van der Waals surface area contributed by atoms with Crippen molar-refractivity contribution in [3.8, 4) is 0 Å². The van der Waals surface area contributed by atoms with Gasteiger partial charge in [-0.2, -0.15) is 0 Å². The first-order valence-corrected chi connectivity index (χ1v) is 7.58. The highest BCUT2D eigenvalue weighted by molar-refractivity contribution is 4.48. The summed E-state index contributed by atoms with van der Waals surface area (Å²) in [6, 6.07) is 0. The third-order valence-electron chi connectivity index (χ3n) is 3.13. The molecule has 0 radical (unpaired) electrons. The Morgan fingerprint density at radius 2 is 1.25 bits per heavy atom. The smallest absolute Gasteiger partial charge is 0.0445 e. The minimum absolute atomic E-state index is 0.904. The van der Waals surface area contributed by atoms with E-state index in [2.05, 4.69) is 41.5 Å². The molecule has 0 aromatic heterocycles. The Balaban J connectivity index is 0. The second-order valence-corrected chi connectivity index (χ2v) is 5.55. The topological polar surface area (TPSA) is 0 Å². The van der Waals surface area contributed by atoms with Gasteiger partial charge in [0.1, 0.15) is 0 Å². The second-order valence-electron chi connectivity index (χ2n) is 5.55. The highest BCUT2D eigenvalue weighted by Gasteiger charge is 1.94. The molecule has 0 N–H and O–H groups in total. The van der Waals surface area contributed by atoms with Crippen molar-refractivity contribution in [3.05, 3.63) is 0 Å². The lowest BCUT2D eigenvalue weighted by molar-refractivity contribution is 0.492. The van der Waals surface area contributed by atoms with Gasteiger partial charge in [-0.25, -0.2) is 0 Å². The lowest BCUT2D eigenvalue weighted by Gasteiger charge is -2.04. The molecule has 16 heavy (non-hydrogen) atoms. The Labute approximate surface area is 105 Å². The maximum atomic E-state index is 2.33. The molecular weight excluding hydrogens is 192 g/mol. The molecule has 1 atom stereocenters. The van der Waals surface area contributed by atoms with Crippen molar-refractivity contribution in [1.82, 2.24) is 0 Å². The van der Waals surface area contributed by atoms with Crippen LogP contribution >= 0.6 is 0 Å². The molecule has 0 saturated heterocycles. The summed E-state index contributed by atoms with van der Waals surface area (Å²) in [5.74, 6) is 1.86. The van der Waals surface area contributed by atoms with Crippen LogP contribution in [0.1, 0.15) is 92.9 Å². The van der Waals surface area contributed by atoms with E-state index in [0.717, 1.165) is 11.8 Å². The molecular formula is C16H36. The molecule has 0 amide bonds. The first-order valence-electron chi connectivity index (χ1n) is 7.58. The van der Waals surface area contributed by atoms with Crippen LogP contribution in [-0.2, 0) is 0 Å². The lowest BCUT2D eigenvalue weighted by Crippen LogP contribution is -1.89. The first-order chi connectivity index (χ1) is 7.58. The molecule has 0 aromatic carbocycles. The summed E-state index contributed by atoms with van der Waals surface area (Å²) in [5.41, 5.74) is 0. The van der Waals surface area contributed by atoms with Crippen molar-refractivity contribution < 1.29 is 0 Å². The summed E-state index contributed by atoms with van der Waals surface area (Å²) >= 11 is 0. The number of rotatable bonds is 8. The van der Waals surface area contributed by atoms with E-state index in [1.165, 1.54) is 51.4 Å². The van der Waals surface area contributed by atoms with Crippen LogP contribution in [0.25, 0.3) is 0 Å². The molecule has 0 aliphatic heterocycles. The molecule has 100 valence electrons. The number of hydrogen-bond acceptors (Lipinski definition) is 0. The Bertz CT molecular complexity index is 105. The maximum Gasteiger partial charge on any atom is -0.0445 e. The largest absolute Gasteiger partial charge is 0.0654 e. The minimum atomic E-state index is 0.904. The van der Waals surface area contributed by atoms with E-state index in [4.69, 9.17) is 0 Å². The van der Waals surface area contributed by atoms with Crippen LogP contribution in [0.4, 0.5) is 0 Å². The Hall–Kier alpha value is 0. The maximum absolute atomic E-state index is 2.33. The zero-order valence-corrected chi connectivity index (χ0v) is 12.8. The summed E-state index contributed by atoms with van der Waals surface area (Å²) in [6.07, 6.45) is 11.1. The summed E-state index contributed by atoms with van der Waals surface area (Å²) in [7, 11) is 0. The predicted octanol–water partition coefficient (Wildman–Crippen LogP) is 6.45. The van der Waals surface area contributed by atoms with Gasteiger partial charge < -0.3 is 0 Å². The van der Waals surface area contributed by atoms with Crippen LogP contribution in [0.15, 0.2) is 0 Å². The highest BCUT2D eigenvalue weighted by Crippen LogP contribution is 2.09. The van der Waals surface area contributed by atoms with Gasteiger partial charge in [0, 0.05) is 0 Å². The van der Waals surface area contributed by atoms with E-state index < -0.39 is 0 Å². The average molecular weight is 228 g/mol. The molecule has 0 aliphatic carbocycles. The lowest BCUT2D eigenvalue weighted by atomic mass is 10.0. The van der Waals surface area contributed by atoms with Gasteiger partial charge >= 0.3 is 0 Å². The average Bonchev–Trinajstić information content (AvgIpc) is 2.26. The van der Waals surface area contributed by atoms with Crippen molar-refractivity contribution in [1.29, 1.82) is 0 Å². The molecule has 1 unspecified atom stereocenters.